The molecule has 2 aromatic rings. The van der Waals surface area contributed by atoms with Crippen molar-refractivity contribution in [1.82, 2.24) is 14.6 Å². The van der Waals surface area contributed by atoms with Gasteiger partial charge < -0.3 is 15.0 Å². The van der Waals surface area contributed by atoms with Gasteiger partial charge in [0.05, 0.1) is 25.0 Å². The average molecular weight is 265 g/mol. The molecule has 6 nitrogen and oxygen atoms in total. The number of methoxy groups -OCH3 is 1. The highest BCUT2D eigenvalue weighted by molar-refractivity contribution is 7.03. The Morgan fingerprint density at radius 3 is 2.89 bits per heavy atom. The lowest BCUT2D eigenvalue weighted by Gasteiger charge is -2.19. The van der Waals surface area contributed by atoms with Gasteiger partial charge in [-0.15, -0.1) is 5.10 Å². The summed E-state index contributed by atoms with van der Waals surface area (Å²) in [6.45, 7) is 0.597. The summed E-state index contributed by atoms with van der Waals surface area (Å²) in [6.07, 6.45) is 1.73. The summed E-state index contributed by atoms with van der Waals surface area (Å²) >= 11 is 1.34. The Morgan fingerprint density at radius 1 is 1.44 bits per heavy atom. The van der Waals surface area contributed by atoms with Crippen LogP contribution in [0.25, 0.3) is 0 Å². The van der Waals surface area contributed by atoms with Crippen LogP contribution in [0.15, 0.2) is 17.6 Å². The molecule has 96 valence electrons. The summed E-state index contributed by atoms with van der Waals surface area (Å²) in [7, 11) is 5.56. The molecule has 0 fully saturated rings. The summed E-state index contributed by atoms with van der Waals surface area (Å²) < 4.78 is 9.10. The van der Waals surface area contributed by atoms with E-state index in [2.05, 4.69) is 19.9 Å². The summed E-state index contributed by atoms with van der Waals surface area (Å²) in [5, 5.41) is 9.19. The van der Waals surface area contributed by atoms with Crippen molar-refractivity contribution in [2.24, 2.45) is 0 Å². The molecule has 0 bridgehead atoms. The van der Waals surface area contributed by atoms with Gasteiger partial charge in [-0.3, -0.25) is 0 Å². The maximum atomic E-state index is 5.27. The molecule has 0 aliphatic heterocycles. The highest BCUT2D eigenvalue weighted by Crippen LogP contribution is 2.32. The third-order valence-electron chi connectivity index (χ3n) is 2.42. The van der Waals surface area contributed by atoms with Gasteiger partial charge in [0.25, 0.3) is 0 Å². The van der Waals surface area contributed by atoms with E-state index >= 15 is 0 Å². The third kappa shape index (κ3) is 2.67. The number of aromatic nitrogens is 3. The number of ether oxygens (including phenoxy) is 1. The fraction of sp³-hybridized carbons (Fsp3) is 0.364. The molecule has 0 aliphatic carbocycles. The van der Waals surface area contributed by atoms with Crippen LogP contribution in [-0.2, 0) is 6.54 Å². The zero-order valence-electron chi connectivity index (χ0n) is 10.5. The quantitative estimate of drug-likeness (QED) is 0.886. The van der Waals surface area contributed by atoms with E-state index in [0.29, 0.717) is 12.4 Å². The largest absolute Gasteiger partial charge is 0.479 e. The van der Waals surface area contributed by atoms with Crippen molar-refractivity contribution in [3.63, 3.8) is 0 Å². The van der Waals surface area contributed by atoms with E-state index in [1.165, 1.54) is 11.5 Å². The van der Waals surface area contributed by atoms with Gasteiger partial charge in [0.1, 0.15) is 5.69 Å². The molecule has 0 radical (unpaired) electrons. The molecular formula is C11H15N5OS. The van der Waals surface area contributed by atoms with Gasteiger partial charge in [-0.05, 0) is 17.6 Å². The van der Waals surface area contributed by atoms with Crippen LogP contribution in [0.4, 0.5) is 11.4 Å². The Morgan fingerprint density at radius 2 is 2.28 bits per heavy atom. The highest BCUT2D eigenvalue weighted by Gasteiger charge is 2.12. The number of anilines is 2. The molecular weight excluding hydrogens is 250 g/mol. The lowest BCUT2D eigenvalue weighted by Crippen LogP contribution is -2.13. The Bertz CT molecular complexity index is 500. The monoisotopic (exact) mass is 265 g/mol. The van der Waals surface area contributed by atoms with Crippen molar-refractivity contribution in [1.29, 1.82) is 0 Å². The fourth-order valence-corrected chi connectivity index (χ4v) is 2.02. The summed E-state index contributed by atoms with van der Waals surface area (Å²) in [5.74, 6) is 0.574. The minimum atomic E-state index is 0.574. The van der Waals surface area contributed by atoms with Gasteiger partial charge in [0, 0.05) is 25.7 Å². The van der Waals surface area contributed by atoms with Crippen molar-refractivity contribution in [3.05, 3.63) is 23.3 Å². The molecule has 0 spiro atoms. The van der Waals surface area contributed by atoms with Gasteiger partial charge in [-0.25, -0.2) is 4.98 Å². The van der Waals surface area contributed by atoms with Gasteiger partial charge in [0.15, 0.2) is 0 Å². The van der Waals surface area contributed by atoms with Crippen molar-refractivity contribution in [2.45, 2.75) is 6.54 Å². The van der Waals surface area contributed by atoms with E-state index in [1.54, 1.807) is 13.3 Å². The second-order valence-electron chi connectivity index (χ2n) is 3.86. The molecule has 0 unspecified atom stereocenters. The Balaban J connectivity index is 2.23. The predicted molar refractivity (Wildman–Crippen MR) is 72.4 cm³/mol. The van der Waals surface area contributed by atoms with E-state index in [9.17, 15) is 0 Å². The van der Waals surface area contributed by atoms with Crippen LogP contribution in [-0.4, -0.2) is 35.8 Å². The van der Waals surface area contributed by atoms with Crippen LogP contribution in [0.3, 0.4) is 0 Å². The smallest absolute Gasteiger partial charge is 0.239 e. The number of rotatable bonds is 5. The SMILES string of the molecule is COc1nccc(N(C)C)c1NCc1csnn1. The first-order valence-electron chi connectivity index (χ1n) is 5.42. The first-order chi connectivity index (χ1) is 8.72. The third-order valence-corrected chi connectivity index (χ3v) is 2.97. The van der Waals surface area contributed by atoms with E-state index in [1.807, 2.05) is 30.4 Å². The fourth-order valence-electron chi connectivity index (χ4n) is 1.57. The molecule has 0 aromatic carbocycles. The first kappa shape index (κ1) is 12.6. The Labute approximate surface area is 110 Å². The number of nitrogens with one attached hydrogen (secondary N) is 1. The van der Waals surface area contributed by atoms with Crippen molar-refractivity contribution < 1.29 is 4.74 Å². The van der Waals surface area contributed by atoms with Gasteiger partial charge in [-0.1, -0.05) is 4.49 Å². The van der Waals surface area contributed by atoms with Crippen LogP contribution >= 0.6 is 11.5 Å². The van der Waals surface area contributed by atoms with E-state index in [4.69, 9.17) is 4.74 Å². The lowest BCUT2D eigenvalue weighted by atomic mass is 10.3. The summed E-state index contributed by atoms with van der Waals surface area (Å²) in [6, 6.07) is 1.93. The molecule has 0 saturated carbocycles. The molecule has 18 heavy (non-hydrogen) atoms. The maximum absolute atomic E-state index is 5.27. The zero-order valence-corrected chi connectivity index (χ0v) is 11.4. The van der Waals surface area contributed by atoms with Crippen LogP contribution in [0.5, 0.6) is 5.88 Å². The lowest BCUT2D eigenvalue weighted by molar-refractivity contribution is 0.400. The zero-order chi connectivity index (χ0) is 13.0. The predicted octanol–water partition coefficient (Wildman–Crippen LogP) is 1.62. The first-order valence-corrected chi connectivity index (χ1v) is 6.26. The number of hydrogen-bond acceptors (Lipinski definition) is 7. The highest BCUT2D eigenvalue weighted by atomic mass is 32.1. The molecule has 2 rings (SSSR count). The molecule has 1 N–H and O–H groups in total. The van der Waals surface area contributed by atoms with Crippen LogP contribution in [0, 0.1) is 0 Å². The minimum Gasteiger partial charge on any atom is -0.479 e. The molecule has 7 heteroatoms. The van der Waals surface area contributed by atoms with Gasteiger partial charge >= 0.3 is 0 Å². The van der Waals surface area contributed by atoms with Crippen LogP contribution in [0.1, 0.15) is 5.69 Å². The topological polar surface area (TPSA) is 63.2 Å². The van der Waals surface area contributed by atoms with E-state index in [0.717, 1.165) is 17.1 Å². The van der Waals surface area contributed by atoms with Gasteiger partial charge in [-0.2, -0.15) is 0 Å². The average Bonchev–Trinajstić information content (AvgIpc) is 2.88. The molecule has 0 saturated heterocycles. The van der Waals surface area contributed by atoms with Crippen LogP contribution in [0.2, 0.25) is 0 Å². The number of nitrogens with zero attached hydrogens (tertiary/aromatic N) is 4. The van der Waals surface area contributed by atoms with E-state index in [-0.39, 0.29) is 0 Å². The summed E-state index contributed by atoms with van der Waals surface area (Å²) in [5.41, 5.74) is 2.78. The number of hydrogen-bond donors (Lipinski definition) is 1. The number of pyridine rings is 1. The second kappa shape index (κ2) is 5.63. The van der Waals surface area contributed by atoms with Crippen molar-refractivity contribution >= 4 is 22.9 Å². The molecule has 0 atom stereocenters. The van der Waals surface area contributed by atoms with Crippen molar-refractivity contribution in [3.8, 4) is 5.88 Å². The molecule has 2 aromatic heterocycles. The Hall–Kier alpha value is -1.89. The molecule has 0 aliphatic rings. The second-order valence-corrected chi connectivity index (χ2v) is 4.47. The van der Waals surface area contributed by atoms with E-state index < -0.39 is 0 Å². The maximum Gasteiger partial charge on any atom is 0.239 e. The molecule has 0 amide bonds. The molecule has 2 heterocycles. The van der Waals surface area contributed by atoms with Crippen molar-refractivity contribution in [2.75, 3.05) is 31.4 Å². The summed E-state index contributed by atoms with van der Waals surface area (Å²) in [4.78, 5) is 6.20. The normalized spacial score (nSPS) is 10.2. The standard InChI is InChI=1S/C11H15N5OS/c1-16(2)9-4-5-12-11(17-3)10(9)13-6-8-7-18-15-14-8/h4-5,7,13H,6H2,1-3H3. The minimum absolute atomic E-state index is 0.574. The van der Waals surface area contributed by atoms with Crippen LogP contribution < -0.4 is 15.0 Å². The van der Waals surface area contributed by atoms with Gasteiger partial charge in [0.2, 0.25) is 5.88 Å². The Kier molecular flexibility index (Phi) is 3.93.